The molecule has 0 amide bonds. The first-order valence-corrected chi connectivity index (χ1v) is 5.72. The zero-order chi connectivity index (χ0) is 8.84. The van der Waals surface area contributed by atoms with Gasteiger partial charge in [0.15, 0.2) is 0 Å². The van der Waals surface area contributed by atoms with Gasteiger partial charge in [-0.15, -0.1) is 0 Å². The molecule has 0 aliphatic heterocycles. The fourth-order valence-corrected chi connectivity index (χ4v) is 4.69. The van der Waals surface area contributed by atoms with E-state index in [0.717, 1.165) is 29.6 Å². The van der Waals surface area contributed by atoms with Gasteiger partial charge in [0.1, 0.15) is 5.78 Å². The average Bonchev–Trinajstić information content (AvgIpc) is 2.91. The maximum Gasteiger partial charge on any atom is 0.139 e. The fraction of sp³-hybridized carbons (Fsp3) is 0.917. The second kappa shape index (κ2) is 1.62. The second-order valence-electron chi connectivity index (χ2n) is 6.06. The van der Waals surface area contributed by atoms with Crippen LogP contribution in [0.1, 0.15) is 39.0 Å². The molecule has 0 bridgehead atoms. The molecule has 1 nitrogen and oxygen atoms in total. The summed E-state index contributed by atoms with van der Waals surface area (Å²) < 4.78 is 0. The zero-order valence-corrected chi connectivity index (χ0v) is 8.18. The molecule has 1 spiro atoms. The summed E-state index contributed by atoms with van der Waals surface area (Å²) in [5, 5.41) is 0. The highest BCUT2D eigenvalue weighted by molar-refractivity contribution is 5.87. The van der Waals surface area contributed by atoms with Crippen LogP contribution in [0.4, 0.5) is 0 Å². The summed E-state index contributed by atoms with van der Waals surface area (Å²) in [6.07, 6.45) is 6.21. The first-order chi connectivity index (χ1) is 6.18. The SMILES string of the molecule is C[C@]12CCC34C[C@@H]3C4[C@@H]1CCC2=O. The van der Waals surface area contributed by atoms with E-state index in [1.54, 1.807) is 0 Å². The molecule has 4 aliphatic rings. The van der Waals surface area contributed by atoms with Crippen LogP contribution in [-0.4, -0.2) is 5.78 Å². The smallest absolute Gasteiger partial charge is 0.139 e. The van der Waals surface area contributed by atoms with Crippen molar-refractivity contribution in [3.8, 4) is 0 Å². The van der Waals surface area contributed by atoms with Crippen LogP contribution in [0.15, 0.2) is 0 Å². The van der Waals surface area contributed by atoms with Gasteiger partial charge in [-0.3, -0.25) is 4.79 Å². The summed E-state index contributed by atoms with van der Waals surface area (Å²) in [5.74, 6) is 3.45. The van der Waals surface area contributed by atoms with Gasteiger partial charge in [-0.05, 0) is 48.9 Å². The lowest BCUT2D eigenvalue weighted by atomic mass is 9.65. The number of Topliss-reactive ketones (excluding diaryl/α,β-unsaturated/α-hetero) is 1. The Morgan fingerprint density at radius 2 is 2.15 bits per heavy atom. The molecule has 0 aromatic rings. The number of fused-ring (bicyclic) bond motifs is 3. The topological polar surface area (TPSA) is 17.1 Å². The van der Waals surface area contributed by atoms with Crippen LogP contribution in [0, 0.1) is 28.6 Å². The minimum atomic E-state index is 0.128. The Morgan fingerprint density at radius 3 is 2.92 bits per heavy atom. The monoisotopic (exact) mass is 176 g/mol. The Morgan fingerprint density at radius 1 is 1.31 bits per heavy atom. The molecule has 0 N–H and O–H groups in total. The van der Waals surface area contributed by atoms with Crippen molar-refractivity contribution in [3.63, 3.8) is 0 Å². The standard InChI is InChI=1S/C12H16O/c1-11-4-5-12-6-8(12)10(12)7(11)2-3-9(11)13/h7-8,10H,2-6H2,1H3/t7-,8+,10?,11-,12?/m0/s1. The number of carbonyl (C=O) groups is 1. The molecule has 70 valence electrons. The molecular formula is C12H16O. The molecule has 2 unspecified atom stereocenters. The number of carbonyl (C=O) groups excluding carboxylic acids is 1. The Bertz CT molecular complexity index is 321. The van der Waals surface area contributed by atoms with Crippen LogP contribution in [0.3, 0.4) is 0 Å². The minimum Gasteiger partial charge on any atom is -0.299 e. The van der Waals surface area contributed by atoms with Crippen LogP contribution in [0.2, 0.25) is 0 Å². The normalized spacial score (nSPS) is 66.8. The van der Waals surface area contributed by atoms with Crippen LogP contribution in [0.5, 0.6) is 0 Å². The van der Waals surface area contributed by atoms with E-state index in [4.69, 9.17) is 0 Å². The lowest BCUT2D eigenvalue weighted by Crippen LogP contribution is -2.36. The van der Waals surface area contributed by atoms with Crippen molar-refractivity contribution in [3.05, 3.63) is 0 Å². The third-order valence-electron chi connectivity index (χ3n) is 5.85. The fourth-order valence-electron chi connectivity index (χ4n) is 4.69. The van der Waals surface area contributed by atoms with Gasteiger partial charge >= 0.3 is 0 Å². The van der Waals surface area contributed by atoms with E-state index < -0.39 is 0 Å². The molecule has 0 aromatic heterocycles. The summed E-state index contributed by atoms with van der Waals surface area (Å²) in [6, 6.07) is 0. The van der Waals surface area contributed by atoms with Gasteiger partial charge < -0.3 is 0 Å². The van der Waals surface area contributed by atoms with Crippen LogP contribution < -0.4 is 0 Å². The van der Waals surface area contributed by atoms with E-state index in [1.165, 1.54) is 25.7 Å². The zero-order valence-electron chi connectivity index (χ0n) is 8.18. The predicted octanol–water partition coefficient (Wildman–Crippen LogP) is 2.40. The molecule has 0 saturated heterocycles. The molecule has 4 aliphatic carbocycles. The molecule has 4 rings (SSSR count). The largest absolute Gasteiger partial charge is 0.299 e. The van der Waals surface area contributed by atoms with Gasteiger partial charge in [-0.2, -0.15) is 0 Å². The van der Waals surface area contributed by atoms with E-state index in [9.17, 15) is 4.79 Å². The van der Waals surface area contributed by atoms with Gasteiger partial charge in [0, 0.05) is 11.8 Å². The summed E-state index contributed by atoms with van der Waals surface area (Å²) >= 11 is 0. The van der Waals surface area contributed by atoms with Gasteiger partial charge in [0.05, 0.1) is 0 Å². The maximum absolute atomic E-state index is 11.8. The molecule has 0 radical (unpaired) electrons. The third kappa shape index (κ3) is 0.547. The molecule has 1 heteroatoms. The number of ketones is 1. The van der Waals surface area contributed by atoms with Crippen molar-refractivity contribution in [2.45, 2.75) is 39.0 Å². The van der Waals surface area contributed by atoms with Crippen molar-refractivity contribution in [1.29, 1.82) is 0 Å². The lowest BCUT2D eigenvalue weighted by Gasteiger charge is -2.38. The Balaban J connectivity index is 1.76. The summed E-state index contributed by atoms with van der Waals surface area (Å²) in [6.45, 7) is 2.25. The summed E-state index contributed by atoms with van der Waals surface area (Å²) in [4.78, 5) is 11.8. The Hall–Kier alpha value is -0.330. The number of hydrogen-bond acceptors (Lipinski definition) is 1. The highest BCUT2D eigenvalue weighted by atomic mass is 16.1. The minimum absolute atomic E-state index is 0.128. The van der Waals surface area contributed by atoms with E-state index >= 15 is 0 Å². The van der Waals surface area contributed by atoms with E-state index in [1.807, 2.05) is 0 Å². The van der Waals surface area contributed by atoms with Crippen LogP contribution in [0.25, 0.3) is 0 Å². The van der Waals surface area contributed by atoms with Crippen molar-refractivity contribution in [1.82, 2.24) is 0 Å². The first kappa shape index (κ1) is 7.03. The molecule has 5 atom stereocenters. The van der Waals surface area contributed by atoms with Crippen LogP contribution >= 0.6 is 0 Å². The summed E-state index contributed by atoms with van der Waals surface area (Å²) in [5.41, 5.74) is 0.943. The molecular weight excluding hydrogens is 160 g/mol. The van der Waals surface area contributed by atoms with Crippen LogP contribution in [-0.2, 0) is 4.79 Å². The molecule has 13 heavy (non-hydrogen) atoms. The third-order valence-corrected chi connectivity index (χ3v) is 5.85. The van der Waals surface area contributed by atoms with E-state index in [0.29, 0.717) is 5.78 Å². The van der Waals surface area contributed by atoms with Gasteiger partial charge in [0.25, 0.3) is 0 Å². The second-order valence-corrected chi connectivity index (χ2v) is 6.06. The highest BCUT2D eigenvalue weighted by Crippen LogP contribution is 2.88. The molecule has 0 aromatic carbocycles. The van der Waals surface area contributed by atoms with Gasteiger partial charge in [0.2, 0.25) is 0 Å². The number of hydrogen-bond donors (Lipinski definition) is 0. The maximum atomic E-state index is 11.8. The summed E-state index contributed by atoms with van der Waals surface area (Å²) in [7, 11) is 0. The van der Waals surface area contributed by atoms with Crippen molar-refractivity contribution < 1.29 is 4.79 Å². The Labute approximate surface area is 78.9 Å². The first-order valence-electron chi connectivity index (χ1n) is 5.72. The molecule has 4 fully saturated rings. The Kier molecular flexibility index (Phi) is 0.874. The van der Waals surface area contributed by atoms with Crippen molar-refractivity contribution in [2.24, 2.45) is 28.6 Å². The average molecular weight is 176 g/mol. The van der Waals surface area contributed by atoms with Crippen molar-refractivity contribution in [2.75, 3.05) is 0 Å². The van der Waals surface area contributed by atoms with Gasteiger partial charge in [-0.1, -0.05) is 6.92 Å². The quantitative estimate of drug-likeness (QED) is 0.554. The van der Waals surface area contributed by atoms with Crippen molar-refractivity contribution >= 4 is 5.78 Å². The molecule has 4 saturated carbocycles. The molecule has 0 heterocycles. The highest BCUT2D eigenvalue weighted by Gasteiger charge is 2.83. The van der Waals surface area contributed by atoms with E-state index in [-0.39, 0.29) is 5.41 Å². The lowest BCUT2D eigenvalue weighted by molar-refractivity contribution is -0.128. The number of rotatable bonds is 0. The predicted molar refractivity (Wildman–Crippen MR) is 49.1 cm³/mol. The van der Waals surface area contributed by atoms with E-state index in [2.05, 4.69) is 6.92 Å². The van der Waals surface area contributed by atoms with Gasteiger partial charge in [-0.25, -0.2) is 0 Å².